The van der Waals surface area contributed by atoms with Crippen molar-refractivity contribution < 1.29 is 17.9 Å². The zero-order valence-corrected chi connectivity index (χ0v) is 11.5. The fourth-order valence-electron chi connectivity index (χ4n) is 1.52. The number of nitrogens with one attached hydrogen (secondary N) is 1. The van der Waals surface area contributed by atoms with Crippen molar-refractivity contribution in [3.8, 4) is 5.75 Å². The topological polar surface area (TPSA) is 21.3 Å². The molecular formula is C14H20F3NO. The third-order valence-corrected chi connectivity index (χ3v) is 2.59. The van der Waals surface area contributed by atoms with E-state index < -0.39 is 12.7 Å². The van der Waals surface area contributed by atoms with Crippen molar-refractivity contribution >= 4 is 0 Å². The summed E-state index contributed by atoms with van der Waals surface area (Å²) in [4.78, 5) is 0. The number of ether oxygens (including phenoxy) is 1. The first kappa shape index (κ1) is 15.8. The molecule has 0 spiro atoms. The van der Waals surface area contributed by atoms with Crippen LogP contribution in [-0.4, -0.2) is 25.9 Å². The predicted octanol–water partition coefficient (Wildman–Crippen LogP) is 3.51. The molecule has 0 aliphatic heterocycles. The normalized spacial score (nSPS) is 12.5. The van der Waals surface area contributed by atoms with E-state index in [0.29, 0.717) is 5.75 Å². The van der Waals surface area contributed by atoms with Gasteiger partial charge in [-0.15, -0.1) is 0 Å². The van der Waals surface area contributed by atoms with Gasteiger partial charge in [-0.2, -0.15) is 13.2 Å². The quantitative estimate of drug-likeness (QED) is 0.830. The van der Waals surface area contributed by atoms with Crippen molar-refractivity contribution in [2.45, 2.75) is 32.4 Å². The molecule has 0 heterocycles. The number of hydrogen-bond acceptors (Lipinski definition) is 2. The minimum absolute atomic E-state index is 0.0762. The van der Waals surface area contributed by atoms with Crippen molar-refractivity contribution in [3.05, 3.63) is 29.8 Å². The van der Waals surface area contributed by atoms with Gasteiger partial charge in [0.15, 0.2) is 0 Å². The zero-order valence-electron chi connectivity index (χ0n) is 11.5. The first-order valence-electron chi connectivity index (χ1n) is 6.19. The van der Waals surface area contributed by atoms with Crippen LogP contribution in [-0.2, 0) is 5.41 Å². The second kappa shape index (κ2) is 6.28. The lowest BCUT2D eigenvalue weighted by Gasteiger charge is -2.19. The van der Waals surface area contributed by atoms with Crippen LogP contribution in [0, 0.1) is 0 Å². The van der Waals surface area contributed by atoms with Crippen LogP contribution in [0.25, 0.3) is 0 Å². The molecule has 108 valence electrons. The van der Waals surface area contributed by atoms with Gasteiger partial charge in [-0.3, -0.25) is 0 Å². The van der Waals surface area contributed by atoms with Gasteiger partial charge in [0.25, 0.3) is 0 Å². The number of hydrogen-bond donors (Lipinski definition) is 1. The Morgan fingerprint density at radius 2 is 1.63 bits per heavy atom. The average molecular weight is 275 g/mol. The molecule has 0 atom stereocenters. The fraction of sp³-hybridized carbons (Fsp3) is 0.571. The van der Waals surface area contributed by atoms with Gasteiger partial charge in [-0.1, -0.05) is 32.9 Å². The molecule has 2 nitrogen and oxygen atoms in total. The lowest BCUT2D eigenvalue weighted by Crippen LogP contribution is -2.31. The summed E-state index contributed by atoms with van der Waals surface area (Å²) in [6.45, 7) is 5.74. The molecule has 19 heavy (non-hydrogen) atoms. The third kappa shape index (κ3) is 6.47. The Labute approximate surface area is 112 Å². The highest BCUT2D eigenvalue weighted by Crippen LogP contribution is 2.24. The number of benzene rings is 1. The molecule has 0 fully saturated rings. The monoisotopic (exact) mass is 275 g/mol. The standard InChI is InChI=1S/C14H20F3NO/c1-13(2,3)11-4-6-12(7-5-11)19-9-8-18-10-14(15,16)17/h4-7,18H,8-10H2,1-3H3. The summed E-state index contributed by atoms with van der Waals surface area (Å²) in [6.07, 6.45) is -4.17. The Balaban J connectivity index is 2.31. The van der Waals surface area contributed by atoms with Crippen molar-refractivity contribution in [2.75, 3.05) is 19.7 Å². The molecule has 0 bridgehead atoms. The summed E-state index contributed by atoms with van der Waals surface area (Å²) in [5.41, 5.74) is 1.27. The third-order valence-electron chi connectivity index (χ3n) is 2.59. The lowest BCUT2D eigenvalue weighted by atomic mass is 9.87. The van der Waals surface area contributed by atoms with E-state index in [1.165, 1.54) is 5.56 Å². The molecule has 5 heteroatoms. The Kier molecular flexibility index (Phi) is 5.23. The SMILES string of the molecule is CC(C)(C)c1ccc(OCCNCC(F)(F)F)cc1. The molecule has 0 aliphatic rings. The molecular weight excluding hydrogens is 255 g/mol. The van der Waals surface area contributed by atoms with Crippen LogP contribution >= 0.6 is 0 Å². The van der Waals surface area contributed by atoms with E-state index in [0.717, 1.165) is 0 Å². The van der Waals surface area contributed by atoms with E-state index in [1.807, 2.05) is 24.3 Å². The van der Waals surface area contributed by atoms with Crippen LogP contribution in [0.1, 0.15) is 26.3 Å². The Hall–Kier alpha value is -1.23. The minimum Gasteiger partial charge on any atom is -0.492 e. The van der Waals surface area contributed by atoms with Gasteiger partial charge in [0.1, 0.15) is 12.4 Å². The van der Waals surface area contributed by atoms with E-state index in [1.54, 1.807) is 0 Å². The van der Waals surface area contributed by atoms with Gasteiger partial charge in [0, 0.05) is 6.54 Å². The summed E-state index contributed by atoms with van der Waals surface area (Å²) in [5.74, 6) is 0.668. The second-order valence-electron chi connectivity index (χ2n) is 5.41. The lowest BCUT2D eigenvalue weighted by molar-refractivity contribution is -0.124. The van der Waals surface area contributed by atoms with E-state index >= 15 is 0 Å². The van der Waals surface area contributed by atoms with Crippen LogP contribution in [0.15, 0.2) is 24.3 Å². The van der Waals surface area contributed by atoms with Gasteiger partial charge < -0.3 is 10.1 Å². The first-order chi connectivity index (χ1) is 8.68. The Morgan fingerprint density at radius 1 is 1.05 bits per heavy atom. The molecule has 0 aromatic heterocycles. The largest absolute Gasteiger partial charge is 0.492 e. The Morgan fingerprint density at radius 3 is 2.11 bits per heavy atom. The summed E-state index contributed by atoms with van der Waals surface area (Å²) in [5, 5.41) is 2.28. The van der Waals surface area contributed by atoms with Gasteiger partial charge in [-0.05, 0) is 23.1 Å². The van der Waals surface area contributed by atoms with Gasteiger partial charge in [-0.25, -0.2) is 0 Å². The van der Waals surface area contributed by atoms with Gasteiger partial charge in [0.2, 0.25) is 0 Å². The summed E-state index contributed by atoms with van der Waals surface area (Å²) in [7, 11) is 0. The maximum absolute atomic E-state index is 11.9. The van der Waals surface area contributed by atoms with Crippen LogP contribution in [0.5, 0.6) is 5.75 Å². The smallest absolute Gasteiger partial charge is 0.401 e. The van der Waals surface area contributed by atoms with Crippen molar-refractivity contribution in [3.63, 3.8) is 0 Å². The highest BCUT2D eigenvalue weighted by Gasteiger charge is 2.25. The molecule has 0 saturated carbocycles. The molecule has 1 aromatic rings. The summed E-state index contributed by atoms with van der Waals surface area (Å²) >= 11 is 0. The van der Waals surface area contributed by atoms with Crippen molar-refractivity contribution in [2.24, 2.45) is 0 Å². The molecule has 0 radical (unpaired) electrons. The van der Waals surface area contributed by atoms with E-state index in [2.05, 4.69) is 26.1 Å². The minimum atomic E-state index is -4.17. The fourth-order valence-corrected chi connectivity index (χ4v) is 1.52. The molecule has 1 rings (SSSR count). The average Bonchev–Trinajstić information content (AvgIpc) is 2.26. The van der Waals surface area contributed by atoms with Crippen LogP contribution < -0.4 is 10.1 Å². The molecule has 0 aliphatic carbocycles. The highest BCUT2D eigenvalue weighted by molar-refractivity contribution is 5.31. The second-order valence-corrected chi connectivity index (χ2v) is 5.41. The zero-order chi connectivity index (χ0) is 14.5. The number of alkyl halides is 3. The predicted molar refractivity (Wildman–Crippen MR) is 69.6 cm³/mol. The Bertz CT molecular complexity index is 379. The van der Waals surface area contributed by atoms with Gasteiger partial charge >= 0.3 is 6.18 Å². The van der Waals surface area contributed by atoms with Gasteiger partial charge in [0.05, 0.1) is 6.54 Å². The molecule has 0 unspecified atom stereocenters. The van der Waals surface area contributed by atoms with Crippen LogP contribution in [0.4, 0.5) is 13.2 Å². The van der Waals surface area contributed by atoms with Crippen LogP contribution in [0.3, 0.4) is 0 Å². The molecule has 0 saturated heterocycles. The maximum Gasteiger partial charge on any atom is 0.401 e. The number of rotatable bonds is 5. The van der Waals surface area contributed by atoms with E-state index in [-0.39, 0.29) is 18.6 Å². The first-order valence-corrected chi connectivity index (χ1v) is 6.19. The van der Waals surface area contributed by atoms with Crippen LogP contribution in [0.2, 0.25) is 0 Å². The molecule has 1 N–H and O–H groups in total. The number of halogens is 3. The van der Waals surface area contributed by atoms with Crippen molar-refractivity contribution in [1.82, 2.24) is 5.32 Å². The summed E-state index contributed by atoms with van der Waals surface area (Å²) in [6, 6.07) is 7.62. The van der Waals surface area contributed by atoms with E-state index in [4.69, 9.17) is 4.74 Å². The molecule has 0 amide bonds. The maximum atomic E-state index is 11.9. The molecule has 1 aromatic carbocycles. The van der Waals surface area contributed by atoms with E-state index in [9.17, 15) is 13.2 Å². The highest BCUT2D eigenvalue weighted by atomic mass is 19.4. The van der Waals surface area contributed by atoms with Crippen molar-refractivity contribution in [1.29, 1.82) is 0 Å². The summed E-state index contributed by atoms with van der Waals surface area (Å²) < 4.78 is 40.9.